The summed E-state index contributed by atoms with van der Waals surface area (Å²) in [5, 5.41) is 9.49. The number of hydrogen-bond donors (Lipinski definition) is 0. The number of fused-ring (bicyclic) bond motifs is 13. The van der Waals surface area contributed by atoms with Gasteiger partial charge in [0.1, 0.15) is 11.2 Å². The van der Waals surface area contributed by atoms with Crippen LogP contribution in [0.1, 0.15) is 0 Å². The Morgan fingerprint density at radius 3 is 1.63 bits per heavy atom. The van der Waals surface area contributed by atoms with Crippen LogP contribution in [0.4, 0.5) is 0 Å². The van der Waals surface area contributed by atoms with Gasteiger partial charge in [-0.05, 0) is 72.8 Å². The van der Waals surface area contributed by atoms with Gasteiger partial charge in [0.15, 0.2) is 0 Å². The Morgan fingerprint density at radius 1 is 0.346 bits per heavy atom. The third-order valence-corrected chi connectivity index (χ3v) is 10.9. The molecule has 0 amide bonds. The number of rotatable bonds is 3. The summed E-state index contributed by atoms with van der Waals surface area (Å²) in [5.41, 5.74) is 12.1. The van der Waals surface area contributed by atoms with Crippen LogP contribution < -0.4 is 0 Å². The standard InChI is InChI=1S/C47H28N4O/c1-2-10-29(11-3-1)49-42-22-18-30(26-38(42)34-24-25-48-28-43(34)49)50-40-15-7-4-12-32(40)36-20-21-37-33-13-5-8-16-41(33)51(47(37)46(36)50)31-19-23-45-39(27-31)35-14-6-9-17-44(35)52-45/h1-28H. The average Bonchev–Trinajstić information content (AvgIpc) is 3.94. The zero-order valence-electron chi connectivity index (χ0n) is 27.9. The van der Waals surface area contributed by atoms with E-state index in [1.165, 1.54) is 54.4 Å². The molecule has 0 N–H and O–H groups in total. The average molecular weight is 665 g/mol. The number of pyridine rings is 1. The first-order valence-electron chi connectivity index (χ1n) is 17.6. The second-order valence-corrected chi connectivity index (χ2v) is 13.6. The van der Waals surface area contributed by atoms with E-state index in [4.69, 9.17) is 4.42 Å². The van der Waals surface area contributed by atoms with Crippen molar-refractivity contribution in [2.45, 2.75) is 0 Å². The van der Waals surface area contributed by atoms with E-state index in [2.05, 4.69) is 164 Å². The largest absolute Gasteiger partial charge is 0.456 e. The summed E-state index contributed by atoms with van der Waals surface area (Å²) in [5.74, 6) is 0. The van der Waals surface area contributed by atoms with Gasteiger partial charge < -0.3 is 18.1 Å². The molecule has 0 bridgehead atoms. The summed E-state index contributed by atoms with van der Waals surface area (Å²) in [4.78, 5) is 4.54. The summed E-state index contributed by atoms with van der Waals surface area (Å²) in [6.07, 6.45) is 3.87. The molecular weight excluding hydrogens is 637 g/mol. The minimum absolute atomic E-state index is 0.892. The Bertz CT molecular complexity index is 3410. The van der Waals surface area contributed by atoms with Crippen LogP contribution in [0, 0.1) is 0 Å². The number of nitrogens with zero attached hydrogens (tertiary/aromatic N) is 4. The fourth-order valence-corrected chi connectivity index (χ4v) is 8.74. The van der Waals surface area contributed by atoms with Crippen LogP contribution in [0.3, 0.4) is 0 Å². The van der Waals surface area contributed by atoms with Gasteiger partial charge in [0.05, 0.1) is 39.3 Å². The third-order valence-electron chi connectivity index (χ3n) is 10.9. The van der Waals surface area contributed by atoms with Gasteiger partial charge in [-0.1, -0.05) is 84.9 Å². The maximum absolute atomic E-state index is 6.26. The van der Waals surface area contributed by atoms with E-state index in [9.17, 15) is 0 Å². The summed E-state index contributed by atoms with van der Waals surface area (Å²) >= 11 is 0. The van der Waals surface area contributed by atoms with E-state index >= 15 is 0 Å². The first-order valence-corrected chi connectivity index (χ1v) is 17.6. The Balaban J connectivity index is 1.23. The first-order chi connectivity index (χ1) is 25.8. The summed E-state index contributed by atoms with van der Waals surface area (Å²) < 4.78 is 13.5. The van der Waals surface area contributed by atoms with Crippen molar-refractivity contribution in [3.63, 3.8) is 0 Å². The number of hydrogen-bond acceptors (Lipinski definition) is 2. The van der Waals surface area contributed by atoms with Crippen molar-refractivity contribution in [1.82, 2.24) is 18.7 Å². The lowest BCUT2D eigenvalue weighted by atomic mass is 10.1. The maximum Gasteiger partial charge on any atom is 0.135 e. The molecule has 5 nitrogen and oxygen atoms in total. The smallest absolute Gasteiger partial charge is 0.135 e. The van der Waals surface area contributed by atoms with Crippen molar-refractivity contribution in [3.8, 4) is 17.1 Å². The molecule has 0 aliphatic heterocycles. The zero-order chi connectivity index (χ0) is 33.9. The number of para-hydroxylation sites is 4. The predicted octanol–water partition coefficient (Wildman–Crippen LogP) is 12.3. The molecule has 0 unspecified atom stereocenters. The van der Waals surface area contributed by atoms with E-state index in [-0.39, 0.29) is 0 Å². The van der Waals surface area contributed by atoms with Crippen LogP contribution in [0.2, 0.25) is 0 Å². The van der Waals surface area contributed by atoms with E-state index < -0.39 is 0 Å². The summed E-state index contributed by atoms with van der Waals surface area (Å²) in [7, 11) is 0. The van der Waals surface area contributed by atoms with E-state index in [1.807, 2.05) is 24.5 Å². The third kappa shape index (κ3) is 3.64. The second-order valence-electron chi connectivity index (χ2n) is 13.6. The van der Waals surface area contributed by atoms with E-state index in [0.29, 0.717) is 0 Å². The fourth-order valence-electron chi connectivity index (χ4n) is 8.74. The second kappa shape index (κ2) is 10.2. The molecule has 52 heavy (non-hydrogen) atoms. The molecule has 0 saturated heterocycles. The Labute approximate surface area is 296 Å². The number of furan rings is 1. The minimum atomic E-state index is 0.892. The van der Waals surface area contributed by atoms with Gasteiger partial charge in [0.25, 0.3) is 0 Å². The molecule has 12 aromatic rings. The van der Waals surface area contributed by atoms with Gasteiger partial charge in [-0.3, -0.25) is 4.98 Å². The van der Waals surface area contributed by atoms with Crippen molar-refractivity contribution in [3.05, 3.63) is 170 Å². The lowest BCUT2D eigenvalue weighted by Crippen LogP contribution is -1.99. The van der Waals surface area contributed by atoms with Crippen molar-refractivity contribution >= 4 is 87.4 Å². The highest BCUT2D eigenvalue weighted by atomic mass is 16.3. The molecule has 0 atom stereocenters. The quantitative estimate of drug-likeness (QED) is 0.189. The van der Waals surface area contributed by atoms with Crippen molar-refractivity contribution in [2.24, 2.45) is 0 Å². The molecule has 5 heterocycles. The van der Waals surface area contributed by atoms with Crippen LogP contribution in [-0.2, 0) is 0 Å². The molecule has 0 spiro atoms. The monoisotopic (exact) mass is 664 g/mol. The lowest BCUT2D eigenvalue weighted by Gasteiger charge is -2.13. The van der Waals surface area contributed by atoms with Crippen molar-refractivity contribution in [2.75, 3.05) is 0 Å². The highest BCUT2D eigenvalue weighted by molar-refractivity contribution is 6.24. The molecule has 12 rings (SSSR count). The van der Waals surface area contributed by atoms with Gasteiger partial charge in [0, 0.05) is 66.3 Å². The summed E-state index contributed by atoms with van der Waals surface area (Å²) in [6.45, 7) is 0. The molecule has 0 fully saturated rings. The molecule has 0 saturated carbocycles. The maximum atomic E-state index is 6.26. The molecule has 0 aliphatic rings. The topological polar surface area (TPSA) is 40.8 Å². The fraction of sp³-hybridized carbons (Fsp3) is 0. The Hall–Kier alpha value is -7.11. The number of aromatic nitrogens is 4. The normalized spacial score (nSPS) is 12.2. The molecule has 5 heteroatoms. The van der Waals surface area contributed by atoms with Crippen LogP contribution in [0.15, 0.2) is 175 Å². The van der Waals surface area contributed by atoms with Gasteiger partial charge in [-0.2, -0.15) is 0 Å². The predicted molar refractivity (Wildman–Crippen MR) is 215 cm³/mol. The zero-order valence-corrected chi connectivity index (χ0v) is 27.9. The van der Waals surface area contributed by atoms with Crippen LogP contribution >= 0.6 is 0 Å². The highest BCUT2D eigenvalue weighted by Crippen LogP contribution is 2.43. The van der Waals surface area contributed by atoms with Gasteiger partial charge >= 0.3 is 0 Å². The SMILES string of the molecule is c1ccc(-n2c3ccc(-n4c5ccccc5c5ccc6c7ccccc7n(-c7ccc8oc9ccccc9c8c7)c6c54)cc3c3ccncc32)cc1. The molecule has 5 aromatic heterocycles. The van der Waals surface area contributed by atoms with Gasteiger partial charge in [-0.25, -0.2) is 0 Å². The molecule has 0 aliphatic carbocycles. The molecule has 7 aromatic carbocycles. The van der Waals surface area contributed by atoms with Crippen molar-refractivity contribution in [1.29, 1.82) is 0 Å². The van der Waals surface area contributed by atoms with Gasteiger partial charge in [-0.15, -0.1) is 0 Å². The lowest BCUT2D eigenvalue weighted by molar-refractivity contribution is 0.669. The van der Waals surface area contributed by atoms with E-state index in [1.54, 1.807) is 0 Å². The van der Waals surface area contributed by atoms with Crippen LogP contribution in [-0.4, -0.2) is 18.7 Å². The molecule has 0 radical (unpaired) electrons. The summed E-state index contributed by atoms with van der Waals surface area (Å²) in [6, 6.07) is 56.7. The van der Waals surface area contributed by atoms with E-state index in [0.717, 1.165) is 50.0 Å². The molecule has 242 valence electrons. The van der Waals surface area contributed by atoms with Gasteiger partial charge in [0.2, 0.25) is 0 Å². The number of benzene rings is 7. The van der Waals surface area contributed by atoms with Crippen molar-refractivity contribution < 1.29 is 4.42 Å². The first kappa shape index (κ1) is 27.7. The Kier molecular flexibility index (Phi) is 5.44. The minimum Gasteiger partial charge on any atom is -0.456 e. The van der Waals surface area contributed by atoms with Crippen LogP contribution in [0.25, 0.3) is 104 Å². The highest BCUT2D eigenvalue weighted by Gasteiger charge is 2.22. The van der Waals surface area contributed by atoms with Crippen LogP contribution in [0.5, 0.6) is 0 Å². The molecular formula is C47H28N4O. The Morgan fingerprint density at radius 2 is 0.904 bits per heavy atom.